The van der Waals surface area contributed by atoms with Gasteiger partial charge in [0.05, 0.1) is 5.56 Å². The SMILES string of the molecule is Cc1ccnc(N(C)CCN2CCCC2)c1C(N)=S. The van der Waals surface area contributed by atoms with Crippen LogP contribution in [0.25, 0.3) is 0 Å². The van der Waals surface area contributed by atoms with E-state index in [0.717, 1.165) is 30.0 Å². The van der Waals surface area contributed by atoms with Crippen LogP contribution in [0.4, 0.5) is 5.82 Å². The molecule has 104 valence electrons. The lowest BCUT2D eigenvalue weighted by atomic mass is 10.1. The molecule has 0 saturated carbocycles. The fourth-order valence-corrected chi connectivity index (χ4v) is 2.79. The maximum absolute atomic E-state index is 5.83. The predicted molar refractivity (Wildman–Crippen MR) is 83.8 cm³/mol. The van der Waals surface area contributed by atoms with Crippen LogP contribution in [0.15, 0.2) is 12.3 Å². The molecule has 5 heteroatoms. The number of hydrogen-bond acceptors (Lipinski definition) is 4. The maximum atomic E-state index is 5.83. The fourth-order valence-electron chi connectivity index (χ4n) is 2.54. The highest BCUT2D eigenvalue weighted by Gasteiger charge is 2.16. The van der Waals surface area contributed by atoms with Crippen LogP contribution in [-0.2, 0) is 0 Å². The number of aryl methyl sites for hydroxylation is 1. The monoisotopic (exact) mass is 278 g/mol. The molecule has 0 spiro atoms. The van der Waals surface area contributed by atoms with Crippen molar-refractivity contribution >= 4 is 23.0 Å². The third kappa shape index (κ3) is 3.42. The van der Waals surface area contributed by atoms with Crippen molar-refractivity contribution in [2.75, 3.05) is 38.1 Å². The Balaban J connectivity index is 2.07. The van der Waals surface area contributed by atoms with E-state index >= 15 is 0 Å². The van der Waals surface area contributed by atoms with E-state index in [2.05, 4.69) is 21.8 Å². The highest BCUT2D eigenvalue weighted by molar-refractivity contribution is 7.80. The topological polar surface area (TPSA) is 45.4 Å². The zero-order valence-electron chi connectivity index (χ0n) is 11.7. The van der Waals surface area contributed by atoms with Crippen molar-refractivity contribution < 1.29 is 0 Å². The third-order valence-corrected chi connectivity index (χ3v) is 3.90. The summed E-state index contributed by atoms with van der Waals surface area (Å²) >= 11 is 5.15. The largest absolute Gasteiger partial charge is 0.389 e. The van der Waals surface area contributed by atoms with Gasteiger partial charge in [0, 0.05) is 26.3 Å². The highest BCUT2D eigenvalue weighted by Crippen LogP contribution is 2.20. The second-order valence-electron chi connectivity index (χ2n) is 5.16. The van der Waals surface area contributed by atoms with Gasteiger partial charge in [-0.3, -0.25) is 0 Å². The molecule has 1 aromatic rings. The summed E-state index contributed by atoms with van der Waals surface area (Å²) in [6.07, 6.45) is 4.47. The standard InChI is InChI=1S/C14H22N4S/c1-11-5-6-16-14(12(11)13(15)19)17(2)9-10-18-7-3-4-8-18/h5-6H,3-4,7-10H2,1-2H3,(H2,15,19). The lowest BCUT2D eigenvalue weighted by Gasteiger charge is -2.24. The van der Waals surface area contributed by atoms with Crippen LogP contribution < -0.4 is 10.6 Å². The summed E-state index contributed by atoms with van der Waals surface area (Å²) in [4.78, 5) is 9.52. The maximum Gasteiger partial charge on any atom is 0.138 e. The molecule has 1 aliphatic heterocycles. The minimum Gasteiger partial charge on any atom is -0.389 e. The Bertz CT molecular complexity index is 455. The summed E-state index contributed by atoms with van der Waals surface area (Å²) in [5, 5.41) is 0. The molecule has 4 nitrogen and oxygen atoms in total. The lowest BCUT2D eigenvalue weighted by molar-refractivity contribution is 0.346. The zero-order valence-corrected chi connectivity index (χ0v) is 12.5. The molecule has 19 heavy (non-hydrogen) atoms. The second kappa shape index (κ2) is 6.30. The molecular formula is C14H22N4S. The van der Waals surface area contributed by atoms with E-state index in [1.807, 2.05) is 19.2 Å². The summed E-state index contributed by atoms with van der Waals surface area (Å²) in [6.45, 7) is 6.48. The van der Waals surface area contributed by atoms with E-state index in [1.54, 1.807) is 0 Å². The van der Waals surface area contributed by atoms with Crippen molar-refractivity contribution in [1.82, 2.24) is 9.88 Å². The van der Waals surface area contributed by atoms with Gasteiger partial charge in [0.1, 0.15) is 10.8 Å². The predicted octanol–water partition coefficient (Wildman–Crippen LogP) is 1.56. The lowest BCUT2D eigenvalue weighted by Crippen LogP contribution is -2.33. The summed E-state index contributed by atoms with van der Waals surface area (Å²) in [6, 6.07) is 1.95. The first-order chi connectivity index (χ1) is 9.09. The number of nitrogens with two attached hydrogens (primary N) is 1. The van der Waals surface area contributed by atoms with Gasteiger partial charge in [-0.25, -0.2) is 4.98 Å². The zero-order chi connectivity index (χ0) is 13.8. The molecule has 2 rings (SSSR count). The van der Waals surface area contributed by atoms with Gasteiger partial charge in [0.25, 0.3) is 0 Å². The van der Waals surface area contributed by atoms with Crippen LogP contribution in [-0.4, -0.2) is 48.1 Å². The van der Waals surface area contributed by atoms with Gasteiger partial charge in [-0.05, 0) is 44.5 Å². The number of likely N-dealkylation sites (tertiary alicyclic amines) is 1. The summed E-state index contributed by atoms with van der Waals surface area (Å²) in [7, 11) is 2.06. The van der Waals surface area contributed by atoms with Crippen molar-refractivity contribution in [2.24, 2.45) is 5.73 Å². The van der Waals surface area contributed by atoms with Gasteiger partial charge in [-0.2, -0.15) is 0 Å². The number of pyridine rings is 1. The Morgan fingerprint density at radius 3 is 2.79 bits per heavy atom. The molecule has 1 aromatic heterocycles. The summed E-state index contributed by atoms with van der Waals surface area (Å²) in [5.74, 6) is 0.895. The molecule has 1 fully saturated rings. The number of likely N-dealkylation sites (N-methyl/N-ethyl adjacent to an activating group) is 1. The smallest absolute Gasteiger partial charge is 0.138 e. The van der Waals surface area contributed by atoms with E-state index in [4.69, 9.17) is 18.0 Å². The first kappa shape index (κ1) is 14.2. The Labute approximate surface area is 120 Å². The van der Waals surface area contributed by atoms with Crippen molar-refractivity contribution in [2.45, 2.75) is 19.8 Å². The van der Waals surface area contributed by atoms with Crippen LogP contribution in [0.3, 0.4) is 0 Å². The van der Waals surface area contributed by atoms with E-state index in [1.165, 1.54) is 25.9 Å². The van der Waals surface area contributed by atoms with Gasteiger partial charge in [-0.15, -0.1) is 0 Å². The minimum absolute atomic E-state index is 0.425. The van der Waals surface area contributed by atoms with Gasteiger partial charge >= 0.3 is 0 Å². The van der Waals surface area contributed by atoms with Crippen LogP contribution in [0.2, 0.25) is 0 Å². The molecule has 2 heterocycles. The van der Waals surface area contributed by atoms with Crippen molar-refractivity contribution in [3.8, 4) is 0 Å². The van der Waals surface area contributed by atoms with Crippen molar-refractivity contribution in [3.63, 3.8) is 0 Å². The Morgan fingerprint density at radius 1 is 1.47 bits per heavy atom. The van der Waals surface area contributed by atoms with Crippen LogP contribution in [0.1, 0.15) is 24.0 Å². The van der Waals surface area contributed by atoms with Crippen LogP contribution in [0, 0.1) is 6.92 Å². The Kier molecular flexibility index (Phi) is 4.71. The van der Waals surface area contributed by atoms with Crippen LogP contribution in [0.5, 0.6) is 0 Å². The van der Waals surface area contributed by atoms with Gasteiger partial charge < -0.3 is 15.5 Å². The Morgan fingerprint density at radius 2 is 2.16 bits per heavy atom. The minimum atomic E-state index is 0.425. The number of rotatable bonds is 5. The van der Waals surface area contributed by atoms with Gasteiger partial charge in [0.15, 0.2) is 0 Å². The number of anilines is 1. The number of thiocarbonyl (C=S) groups is 1. The van der Waals surface area contributed by atoms with Crippen LogP contribution >= 0.6 is 12.2 Å². The first-order valence-electron chi connectivity index (χ1n) is 6.78. The van der Waals surface area contributed by atoms with Gasteiger partial charge in [0.2, 0.25) is 0 Å². The van der Waals surface area contributed by atoms with E-state index in [9.17, 15) is 0 Å². The number of hydrogen-bond donors (Lipinski definition) is 1. The second-order valence-corrected chi connectivity index (χ2v) is 5.60. The summed E-state index contributed by atoms with van der Waals surface area (Å²) < 4.78 is 0. The van der Waals surface area contributed by atoms with E-state index in [-0.39, 0.29) is 0 Å². The molecule has 0 radical (unpaired) electrons. The van der Waals surface area contributed by atoms with Crippen molar-refractivity contribution in [3.05, 3.63) is 23.4 Å². The van der Waals surface area contributed by atoms with E-state index in [0.29, 0.717) is 4.99 Å². The highest BCUT2D eigenvalue weighted by atomic mass is 32.1. The Hall–Kier alpha value is -1.20. The molecule has 0 aliphatic carbocycles. The molecule has 0 aromatic carbocycles. The molecule has 0 amide bonds. The fraction of sp³-hybridized carbons (Fsp3) is 0.571. The number of nitrogens with zero attached hydrogens (tertiary/aromatic N) is 3. The molecule has 0 unspecified atom stereocenters. The van der Waals surface area contributed by atoms with Gasteiger partial charge in [-0.1, -0.05) is 12.2 Å². The average molecular weight is 278 g/mol. The summed E-state index contributed by atoms with van der Waals surface area (Å²) in [5.41, 5.74) is 7.82. The molecule has 1 saturated heterocycles. The number of aromatic nitrogens is 1. The van der Waals surface area contributed by atoms with Crippen molar-refractivity contribution in [1.29, 1.82) is 0 Å². The quantitative estimate of drug-likeness (QED) is 0.828. The normalized spacial score (nSPS) is 15.7. The third-order valence-electron chi connectivity index (χ3n) is 3.70. The molecule has 1 aliphatic rings. The molecule has 0 atom stereocenters. The first-order valence-corrected chi connectivity index (χ1v) is 7.19. The average Bonchev–Trinajstić information content (AvgIpc) is 2.88. The molecular weight excluding hydrogens is 256 g/mol. The molecule has 2 N–H and O–H groups in total. The van der Waals surface area contributed by atoms with E-state index < -0.39 is 0 Å². The molecule has 0 bridgehead atoms.